The molecule has 6 rings (SSSR count). The molecule has 0 radical (unpaired) electrons. The molecule has 2 fully saturated rings. The third-order valence-electron chi connectivity index (χ3n) is 8.06. The van der Waals surface area contributed by atoms with Gasteiger partial charge in [-0.2, -0.15) is 0 Å². The summed E-state index contributed by atoms with van der Waals surface area (Å²) in [5.74, 6) is 0.690. The molecule has 12 heteroatoms. The van der Waals surface area contributed by atoms with Gasteiger partial charge in [0.05, 0.1) is 18.6 Å². The van der Waals surface area contributed by atoms with Gasteiger partial charge in [-0.25, -0.2) is 18.4 Å². The van der Waals surface area contributed by atoms with Gasteiger partial charge in [-0.05, 0) is 60.9 Å². The highest BCUT2D eigenvalue weighted by Gasteiger charge is 2.27. The van der Waals surface area contributed by atoms with Gasteiger partial charge >= 0.3 is 0 Å². The summed E-state index contributed by atoms with van der Waals surface area (Å²) in [6.45, 7) is 9.51. The van der Waals surface area contributed by atoms with E-state index >= 15 is 0 Å². The summed E-state index contributed by atoms with van der Waals surface area (Å²) < 4.78 is 35.0. The molecule has 43 heavy (non-hydrogen) atoms. The predicted molar refractivity (Wildman–Crippen MR) is 169 cm³/mol. The van der Waals surface area contributed by atoms with E-state index in [1.54, 1.807) is 25.4 Å². The van der Waals surface area contributed by atoms with Crippen LogP contribution in [0.25, 0.3) is 22.3 Å². The second-order valence-corrected chi connectivity index (χ2v) is 12.8. The van der Waals surface area contributed by atoms with Crippen LogP contribution in [0.5, 0.6) is 0 Å². The van der Waals surface area contributed by atoms with Crippen LogP contribution in [0.15, 0.2) is 73.6 Å². The molecule has 0 aliphatic carbocycles. The standard InChI is InChI=1S/C31H35N7O4S/c1-3-29(39)34-25-11-12-38(19-25)26-6-4-5-23(17-26)21(2)43(40,41)36-24-9-7-22(8-10-24)28-18-27-30(35-28)32-20-33-31(27)37-13-15-42-16-14-37/h3-10,17-18,20-21,25,36H,1,11-16,19H2,2H3,(H,34,39)(H,32,33,35)/t21?,25-/m0/s1. The fraction of sp³-hybridized carbons (Fsp3) is 0.323. The lowest BCUT2D eigenvalue weighted by atomic mass is 10.1. The first-order valence-electron chi connectivity index (χ1n) is 14.4. The number of nitrogens with zero attached hydrogens (tertiary/aromatic N) is 4. The second-order valence-electron chi connectivity index (χ2n) is 10.8. The number of anilines is 3. The summed E-state index contributed by atoms with van der Waals surface area (Å²) in [7, 11) is -3.73. The van der Waals surface area contributed by atoms with Gasteiger partial charge in [0, 0.05) is 49.3 Å². The topological polar surface area (TPSA) is 133 Å². The van der Waals surface area contributed by atoms with E-state index in [9.17, 15) is 13.2 Å². The van der Waals surface area contributed by atoms with Crippen molar-refractivity contribution in [2.24, 2.45) is 0 Å². The van der Waals surface area contributed by atoms with Crippen LogP contribution in [-0.2, 0) is 19.6 Å². The first-order valence-corrected chi connectivity index (χ1v) is 15.9. The monoisotopic (exact) mass is 601 g/mol. The van der Waals surface area contributed by atoms with Crippen molar-refractivity contribution >= 4 is 44.2 Å². The summed E-state index contributed by atoms with van der Waals surface area (Å²) in [5, 5.41) is 3.09. The molecule has 1 unspecified atom stereocenters. The van der Waals surface area contributed by atoms with Crippen LogP contribution in [0.1, 0.15) is 24.2 Å². The van der Waals surface area contributed by atoms with Crippen molar-refractivity contribution in [3.8, 4) is 11.3 Å². The zero-order chi connectivity index (χ0) is 30.0. The number of fused-ring (bicyclic) bond motifs is 1. The Labute approximate surface area is 251 Å². The van der Waals surface area contributed by atoms with Gasteiger partial charge in [0.1, 0.15) is 23.0 Å². The van der Waals surface area contributed by atoms with E-state index in [1.807, 2.05) is 42.5 Å². The lowest BCUT2D eigenvalue weighted by Crippen LogP contribution is -2.36. The number of rotatable bonds is 9. The van der Waals surface area contributed by atoms with Crippen LogP contribution in [-0.4, -0.2) is 74.7 Å². The molecule has 2 atom stereocenters. The minimum absolute atomic E-state index is 0.0315. The average Bonchev–Trinajstić information content (AvgIpc) is 3.69. The van der Waals surface area contributed by atoms with Crippen LogP contribution in [0, 0.1) is 0 Å². The Bertz CT molecular complexity index is 1730. The van der Waals surface area contributed by atoms with Crippen molar-refractivity contribution in [3.63, 3.8) is 0 Å². The van der Waals surface area contributed by atoms with Crippen LogP contribution >= 0.6 is 0 Å². The Morgan fingerprint density at radius 1 is 1.09 bits per heavy atom. The maximum atomic E-state index is 13.4. The minimum atomic E-state index is -3.73. The number of sulfonamides is 1. The maximum Gasteiger partial charge on any atom is 0.243 e. The molecule has 2 aliphatic rings. The van der Waals surface area contributed by atoms with E-state index in [0.717, 1.165) is 59.9 Å². The number of aromatic amines is 1. The first kappa shape index (κ1) is 28.7. The first-order chi connectivity index (χ1) is 20.8. The fourth-order valence-corrected chi connectivity index (χ4v) is 6.75. The van der Waals surface area contributed by atoms with Crippen molar-refractivity contribution in [1.29, 1.82) is 0 Å². The molecule has 2 aromatic carbocycles. The predicted octanol–water partition coefficient (Wildman–Crippen LogP) is 3.85. The molecule has 11 nitrogen and oxygen atoms in total. The molecule has 224 valence electrons. The van der Waals surface area contributed by atoms with Crippen LogP contribution < -0.4 is 19.8 Å². The molecule has 0 saturated carbocycles. The number of benzene rings is 2. The highest BCUT2D eigenvalue weighted by atomic mass is 32.2. The summed E-state index contributed by atoms with van der Waals surface area (Å²) >= 11 is 0. The number of morpholine rings is 1. The molecule has 0 spiro atoms. The smallest absolute Gasteiger partial charge is 0.243 e. The van der Waals surface area contributed by atoms with Gasteiger partial charge in [-0.15, -0.1) is 0 Å². The Kier molecular flexibility index (Phi) is 8.04. The highest BCUT2D eigenvalue weighted by molar-refractivity contribution is 7.92. The lowest BCUT2D eigenvalue weighted by Gasteiger charge is -2.27. The van der Waals surface area contributed by atoms with Crippen LogP contribution in [0.3, 0.4) is 0 Å². The van der Waals surface area contributed by atoms with Gasteiger partial charge in [0.25, 0.3) is 0 Å². The van der Waals surface area contributed by atoms with Gasteiger partial charge in [-0.1, -0.05) is 30.8 Å². The highest BCUT2D eigenvalue weighted by Crippen LogP contribution is 2.32. The number of hydrogen-bond donors (Lipinski definition) is 3. The Morgan fingerprint density at radius 3 is 2.65 bits per heavy atom. The number of carbonyl (C=O) groups is 1. The summed E-state index contributed by atoms with van der Waals surface area (Å²) in [5.41, 5.74) is 4.63. The molecule has 4 aromatic rings. The van der Waals surface area contributed by atoms with Crippen LogP contribution in [0.2, 0.25) is 0 Å². The summed E-state index contributed by atoms with van der Waals surface area (Å²) in [4.78, 5) is 28.3. The van der Waals surface area contributed by atoms with Crippen molar-refractivity contribution in [3.05, 3.63) is 79.1 Å². The SMILES string of the molecule is C=CC(=O)N[C@H]1CCN(c2cccc(C(C)S(=O)(=O)Nc3ccc(-c4cc5c(N6CCOCC6)ncnc5[nH]4)cc3)c2)C1. The third kappa shape index (κ3) is 6.20. The molecule has 0 bridgehead atoms. The molecule has 1 amide bonds. The summed E-state index contributed by atoms with van der Waals surface area (Å²) in [6.07, 6.45) is 3.65. The van der Waals surface area contributed by atoms with E-state index < -0.39 is 15.3 Å². The van der Waals surface area contributed by atoms with E-state index in [-0.39, 0.29) is 11.9 Å². The number of nitrogens with one attached hydrogen (secondary N) is 3. The van der Waals surface area contributed by atoms with Gasteiger partial charge in [0.2, 0.25) is 15.9 Å². The van der Waals surface area contributed by atoms with Crippen molar-refractivity contribution < 1.29 is 17.9 Å². The van der Waals surface area contributed by atoms with Gasteiger partial charge in [-0.3, -0.25) is 9.52 Å². The minimum Gasteiger partial charge on any atom is -0.378 e. The summed E-state index contributed by atoms with van der Waals surface area (Å²) in [6, 6.07) is 16.9. The van der Waals surface area contributed by atoms with Crippen LogP contribution in [0.4, 0.5) is 17.2 Å². The maximum absolute atomic E-state index is 13.4. The molecule has 4 heterocycles. The van der Waals surface area contributed by atoms with Crippen molar-refractivity contribution in [2.75, 3.05) is 53.9 Å². The number of amides is 1. The second kappa shape index (κ2) is 12.1. The zero-order valence-corrected chi connectivity index (χ0v) is 24.8. The van der Waals surface area contributed by atoms with E-state index in [0.29, 0.717) is 31.0 Å². The molecule has 3 N–H and O–H groups in total. The molecule has 2 saturated heterocycles. The number of carbonyl (C=O) groups excluding carboxylic acids is 1. The fourth-order valence-electron chi connectivity index (χ4n) is 5.61. The number of H-pyrrole nitrogens is 1. The number of hydrogen-bond acceptors (Lipinski definition) is 8. The number of aromatic nitrogens is 3. The molecular weight excluding hydrogens is 566 g/mol. The van der Waals surface area contributed by atoms with Gasteiger partial charge < -0.3 is 24.8 Å². The lowest BCUT2D eigenvalue weighted by molar-refractivity contribution is -0.117. The molecule has 2 aromatic heterocycles. The Balaban J connectivity index is 1.14. The van der Waals surface area contributed by atoms with E-state index in [2.05, 4.69) is 41.4 Å². The van der Waals surface area contributed by atoms with Gasteiger partial charge in [0.15, 0.2) is 0 Å². The van der Waals surface area contributed by atoms with Crippen molar-refractivity contribution in [2.45, 2.75) is 24.6 Å². The quantitative estimate of drug-likeness (QED) is 0.247. The zero-order valence-electron chi connectivity index (χ0n) is 24.0. The Morgan fingerprint density at radius 2 is 1.88 bits per heavy atom. The third-order valence-corrected chi connectivity index (χ3v) is 9.78. The van der Waals surface area contributed by atoms with E-state index in [4.69, 9.17) is 4.74 Å². The Hall–Kier alpha value is -4.42. The van der Waals surface area contributed by atoms with E-state index in [1.165, 1.54) is 6.08 Å². The average molecular weight is 602 g/mol. The number of ether oxygens (including phenoxy) is 1. The molecule has 2 aliphatic heterocycles. The van der Waals surface area contributed by atoms with Crippen molar-refractivity contribution in [1.82, 2.24) is 20.3 Å². The molecular formula is C31H35N7O4S. The largest absolute Gasteiger partial charge is 0.378 e. The normalized spacial score (nSPS) is 18.0.